The first-order valence-electron chi connectivity index (χ1n) is 7.90. The van der Waals surface area contributed by atoms with Crippen LogP contribution in [0.4, 0.5) is 19.0 Å². The number of carboxylic acid groups (broad SMARTS) is 2. The Morgan fingerprint density at radius 2 is 1.77 bits per heavy atom. The third kappa shape index (κ3) is 7.27. The summed E-state index contributed by atoms with van der Waals surface area (Å²) in [6, 6.07) is 3.04. The van der Waals surface area contributed by atoms with Gasteiger partial charge in [-0.15, -0.1) is 0 Å². The van der Waals surface area contributed by atoms with Crippen molar-refractivity contribution >= 4 is 52.0 Å². The summed E-state index contributed by atoms with van der Waals surface area (Å²) in [5, 5.41) is 28.5. The molecule has 8 N–H and O–H groups in total. The van der Waals surface area contributed by atoms with Gasteiger partial charge in [-0.1, -0.05) is 17.7 Å². The Hall–Kier alpha value is -3.65. The van der Waals surface area contributed by atoms with Gasteiger partial charge in [-0.3, -0.25) is 4.79 Å². The number of aliphatic carboxylic acids is 2. The number of hydrogen-bond donors (Lipinski definition) is 6. The van der Waals surface area contributed by atoms with Gasteiger partial charge in [0.15, 0.2) is 17.8 Å². The summed E-state index contributed by atoms with van der Waals surface area (Å²) >= 11 is 6.06. The van der Waals surface area contributed by atoms with Gasteiger partial charge >= 0.3 is 18.1 Å². The number of hydrogen-bond acceptors (Lipinski definition) is 6. The Morgan fingerprint density at radius 3 is 2.23 bits per heavy atom. The lowest BCUT2D eigenvalue weighted by molar-refractivity contribution is -0.192. The third-order valence-electron chi connectivity index (χ3n) is 3.34. The zero-order valence-corrected chi connectivity index (χ0v) is 16.0. The number of aliphatic hydroxyl groups is 1. The minimum Gasteiger partial charge on any atom is -0.480 e. The summed E-state index contributed by atoms with van der Waals surface area (Å²) in [6.07, 6.45) is -3.71. The quantitative estimate of drug-likeness (QED) is 0.270. The number of carbonyl (C=O) groups excluding carboxylic acids is 1. The molecule has 0 radical (unpaired) electrons. The van der Waals surface area contributed by atoms with E-state index in [1.54, 1.807) is 6.07 Å². The van der Waals surface area contributed by atoms with Crippen molar-refractivity contribution in [2.45, 2.75) is 12.2 Å². The van der Waals surface area contributed by atoms with Gasteiger partial charge < -0.3 is 32.1 Å². The fraction of sp³-hybridized carbons (Fsp3) is 0.188. The molecule has 0 saturated heterocycles. The van der Waals surface area contributed by atoms with E-state index in [9.17, 15) is 22.8 Å². The van der Waals surface area contributed by atoms with Gasteiger partial charge in [0.1, 0.15) is 0 Å². The molecule has 0 fully saturated rings. The number of aliphatic imine (C=N–C) groups is 1. The van der Waals surface area contributed by atoms with Crippen molar-refractivity contribution in [2.75, 3.05) is 6.61 Å². The van der Waals surface area contributed by atoms with Crippen LogP contribution in [-0.4, -0.2) is 62.9 Å². The van der Waals surface area contributed by atoms with E-state index in [0.29, 0.717) is 15.8 Å². The van der Waals surface area contributed by atoms with Crippen LogP contribution in [0.15, 0.2) is 29.4 Å². The summed E-state index contributed by atoms with van der Waals surface area (Å²) < 4.78 is 31.7. The average molecular weight is 466 g/mol. The highest BCUT2D eigenvalue weighted by atomic mass is 35.5. The van der Waals surface area contributed by atoms with E-state index in [4.69, 9.17) is 43.2 Å². The Balaban J connectivity index is 0.000000592. The number of carbonyl (C=O) groups is 3. The average Bonchev–Trinajstić information content (AvgIpc) is 2.67. The molecular formula is C16H15ClF3N5O6. The topological polar surface area (TPSA) is 201 Å². The molecule has 15 heteroatoms. The number of aliphatic hydroxyl groups excluding tert-OH is 1. The van der Waals surface area contributed by atoms with Crippen LogP contribution in [-0.2, 0) is 9.59 Å². The molecule has 1 aromatic heterocycles. The molecule has 0 unspecified atom stereocenters. The lowest BCUT2D eigenvalue weighted by Gasteiger charge is -2.12. The molecule has 1 aromatic carbocycles. The van der Waals surface area contributed by atoms with Crippen LogP contribution < -0.4 is 16.8 Å². The predicted octanol–water partition coefficient (Wildman–Crippen LogP) is 0.602. The number of alkyl halides is 3. The maximum absolute atomic E-state index is 12.2. The van der Waals surface area contributed by atoms with Crippen molar-refractivity contribution < 1.29 is 42.9 Å². The van der Waals surface area contributed by atoms with Crippen LogP contribution in [0.25, 0.3) is 10.8 Å². The molecule has 1 atom stereocenters. The summed E-state index contributed by atoms with van der Waals surface area (Å²) in [5.74, 6) is -4.84. The molecule has 0 bridgehead atoms. The number of amides is 1. The van der Waals surface area contributed by atoms with Crippen LogP contribution in [0.3, 0.4) is 0 Å². The molecule has 31 heavy (non-hydrogen) atoms. The zero-order chi connectivity index (χ0) is 23.9. The molecular weight excluding hydrogens is 451 g/mol. The largest absolute Gasteiger partial charge is 0.490 e. The molecule has 11 nitrogen and oxygen atoms in total. The maximum atomic E-state index is 12.2. The smallest absolute Gasteiger partial charge is 0.480 e. The maximum Gasteiger partial charge on any atom is 0.490 e. The number of nitrogens with two attached hydrogens (primary N) is 2. The number of nitrogens with one attached hydrogen (secondary N) is 1. The molecule has 2 aromatic rings. The Kier molecular flexibility index (Phi) is 8.52. The van der Waals surface area contributed by atoms with Crippen molar-refractivity contribution in [3.8, 4) is 0 Å². The van der Waals surface area contributed by atoms with Gasteiger partial charge in [-0.05, 0) is 12.1 Å². The van der Waals surface area contributed by atoms with Crippen LogP contribution >= 0.6 is 11.6 Å². The normalized spacial score (nSPS) is 11.6. The number of pyridine rings is 1. The first-order valence-corrected chi connectivity index (χ1v) is 8.28. The second-order valence-electron chi connectivity index (χ2n) is 5.58. The number of rotatable bonds is 5. The van der Waals surface area contributed by atoms with Crippen LogP contribution in [0.2, 0.25) is 5.02 Å². The summed E-state index contributed by atoms with van der Waals surface area (Å²) in [6.45, 7) is -0.735. The van der Waals surface area contributed by atoms with E-state index in [0.717, 1.165) is 0 Å². The summed E-state index contributed by atoms with van der Waals surface area (Å²) in [4.78, 5) is 39.8. The Labute approximate surface area is 176 Å². The predicted molar refractivity (Wildman–Crippen MR) is 102 cm³/mol. The Morgan fingerprint density at radius 1 is 1.19 bits per heavy atom. The molecule has 0 saturated carbocycles. The van der Waals surface area contributed by atoms with Gasteiger partial charge in [0.25, 0.3) is 5.91 Å². The molecule has 0 aliphatic heterocycles. The minimum absolute atomic E-state index is 0.137. The van der Waals surface area contributed by atoms with Crippen LogP contribution in [0.1, 0.15) is 10.4 Å². The van der Waals surface area contributed by atoms with E-state index in [1.807, 2.05) is 0 Å². The van der Waals surface area contributed by atoms with E-state index in [2.05, 4.69) is 15.3 Å². The first kappa shape index (κ1) is 25.4. The van der Waals surface area contributed by atoms with Crippen molar-refractivity contribution in [1.82, 2.24) is 10.3 Å². The van der Waals surface area contributed by atoms with Crippen molar-refractivity contribution in [3.05, 3.63) is 35.0 Å². The molecule has 0 spiro atoms. The monoisotopic (exact) mass is 465 g/mol. The second kappa shape index (κ2) is 10.4. The van der Waals surface area contributed by atoms with Gasteiger partial charge in [-0.25, -0.2) is 14.6 Å². The number of fused-ring (bicyclic) bond motifs is 1. The van der Waals surface area contributed by atoms with Gasteiger partial charge in [0.2, 0.25) is 0 Å². The number of halogens is 4. The number of guanidine groups is 1. The van der Waals surface area contributed by atoms with E-state index in [1.165, 1.54) is 18.3 Å². The lowest BCUT2D eigenvalue weighted by atomic mass is 10.1. The fourth-order valence-electron chi connectivity index (χ4n) is 1.97. The summed E-state index contributed by atoms with van der Waals surface area (Å²) in [5.41, 5.74) is 10.8. The van der Waals surface area contributed by atoms with Crippen LogP contribution in [0.5, 0.6) is 0 Å². The number of nitrogens with zero attached hydrogens (tertiary/aromatic N) is 2. The van der Waals surface area contributed by atoms with E-state index < -0.39 is 36.7 Å². The van der Waals surface area contributed by atoms with Crippen molar-refractivity contribution in [2.24, 2.45) is 16.5 Å². The van der Waals surface area contributed by atoms with E-state index in [-0.39, 0.29) is 17.3 Å². The second-order valence-corrected chi connectivity index (χ2v) is 5.98. The number of benzene rings is 1. The Bertz CT molecular complexity index is 1030. The minimum atomic E-state index is -5.08. The molecule has 1 amide bonds. The highest BCUT2D eigenvalue weighted by Crippen LogP contribution is 2.30. The zero-order valence-electron chi connectivity index (χ0n) is 15.2. The lowest BCUT2D eigenvalue weighted by Crippen LogP contribution is -2.43. The van der Waals surface area contributed by atoms with Crippen LogP contribution in [0, 0.1) is 0 Å². The fourth-order valence-corrected chi connectivity index (χ4v) is 2.19. The number of aromatic nitrogens is 1. The van der Waals surface area contributed by atoms with Gasteiger partial charge in [-0.2, -0.15) is 18.2 Å². The SMILES string of the molecule is NC(N)=Nc1ncc(Cl)c2ccc(C(=O)N[C@@H](CO)C(=O)O)cc12.O=C(O)C(F)(F)F. The molecule has 1 heterocycles. The summed E-state index contributed by atoms with van der Waals surface area (Å²) in [7, 11) is 0. The first-order chi connectivity index (χ1) is 14.3. The van der Waals surface area contributed by atoms with Gasteiger partial charge in [0, 0.05) is 22.5 Å². The van der Waals surface area contributed by atoms with Gasteiger partial charge in [0.05, 0.1) is 11.6 Å². The standard InChI is InChI=1S/C14H14ClN5O4.C2HF3O2/c15-9-4-18-11(20-14(16)17)8-3-6(1-2-7(8)9)12(22)19-10(5-21)13(23)24;3-2(4,5)1(6)7/h1-4,10,21H,5H2,(H,19,22)(H,23,24)(H4,16,17,18,20);(H,6,7)/t10-;/m0./s1. The van der Waals surface area contributed by atoms with Crippen molar-refractivity contribution in [1.29, 1.82) is 0 Å². The highest BCUT2D eigenvalue weighted by molar-refractivity contribution is 6.35. The molecule has 0 aliphatic rings. The molecule has 168 valence electrons. The number of carboxylic acids is 2. The third-order valence-corrected chi connectivity index (χ3v) is 3.64. The highest BCUT2D eigenvalue weighted by Gasteiger charge is 2.38. The van der Waals surface area contributed by atoms with E-state index >= 15 is 0 Å². The molecule has 0 aliphatic carbocycles. The van der Waals surface area contributed by atoms with Crippen molar-refractivity contribution in [3.63, 3.8) is 0 Å². The molecule has 2 rings (SSSR count).